The quantitative estimate of drug-likeness (QED) is 0.573. The second-order valence-electron chi connectivity index (χ2n) is 3.56. The molecule has 1 aliphatic heterocycles. The first-order valence-corrected chi connectivity index (χ1v) is 4.17. The zero-order chi connectivity index (χ0) is 10.1. The molecule has 0 aliphatic carbocycles. The van der Waals surface area contributed by atoms with Gasteiger partial charge in [0.1, 0.15) is 0 Å². The van der Waals surface area contributed by atoms with Gasteiger partial charge in [-0.2, -0.15) is 13.2 Å². The fourth-order valence-corrected chi connectivity index (χ4v) is 1.65. The smallest absolute Gasteiger partial charge is 0.279 e. The highest BCUT2D eigenvalue weighted by Crippen LogP contribution is 2.31. The van der Waals surface area contributed by atoms with E-state index >= 15 is 0 Å². The molecule has 0 aromatic rings. The van der Waals surface area contributed by atoms with Crippen molar-refractivity contribution in [2.24, 2.45) is 0 Å². The molecule has 1 aliphatic rings. The van der Waals surface area contributed by atoms with Crippen LogP contribution in [0.25, 0.3) is 0 Å². The minimum absolute atomic E-state index is 0.445. The van der Waals surface area contributed by atoms with Gasteiger partial charge in [-0.05, 0) is 19.8 Å². The zero-order valence-electron chi connectivity index (χ0n) is 7.49. The van der Waals surface area contributed by atoms with E-state index in [1.54, 1.807) is 6.92 Å². The number of nitrogens with zero attached hydrogens (tertiary/aromatic N) is 1. The third-order valence-corrected chi connectivity index (χ3v) is 2.47. The third-order valence-electron chi connectivity index (χ3n) is 2.47. The summed E-state index contributed by atoms with van der Waals surface area (Å²) in [6.07, 6.45) is 2.47. The van der Waals surface area contributed by atoms with Crippen molar-refractivity contribution < 1.29 is 13.2 Å². The predicted molar refractivity (Wildman–Crippen MR) is 44.1 cm³/mol. The molecule has 1 unspecified atom stereocenters. The van der Waals surface area contributed by atoms with Gasteiger partial charge in [0, 0.05) is 6.54 Å². The Morgan fingerprint density at radius 3 is 2.62 bits per heavy atom. The SMILES string of the molecule is C#CC1(C)CCCN1CC(F)(F)F. The largest absolute Gasteiger partial charge is 0.401 e. The van der Waals surface area contributed by atoms with Crippen LogP contribution < -0.4 is 0 Å². The lowest BCUT2D eigenvalue weighted by atomic mass is 10.0. The summed E-state index contributed by atoms with van der Waals surface area (Å²) in [6, 6.07) is 0. The second-order valence-corrected chi connectivity index (χ2v) is 3.56. The number of hydrogen-bond acceptors (Lipinski definition) is 1. The highest BCUT2D eigenvalue weighted by Gasteiger charge is 2.41. The van der Waals surface area contributed by atoms with Crippen molar-refractivity contribution in [2.75, 3.05) is 13.1 Å². The van der Waals surface area contributed by atoms with Gasteiger partial charge in [0.15, 0.2) is 0 Å². The number of terminal acetylenes is 1. The summed E-state index contributed by atoms with van der Waals surface area (Å²) in [5.41, 5.74) is -0.699. The summed E-state index contributed by atoms with van der Waals surface area (Å²) in [5, 5.41) is 0. The summed E-state index contributed by atoms with van der Waals surface area (Å²) < 4.78 is 36.2. The van der Waals surface area contributed by atoms with Crippen molar-refractivity contribution in [3.05, 3.63) is 0 Å². The number of alkyl halides is 3. The Labute approximate surface area is 75.9 Å². The Morgan fingerprint density at radius 1 is 1.54 bits per heavy atom. The molecular formula is C9H12F3N. The van der Waals surface area contributed by atoms with Crippen LogP contribution in [0.2, 0.25) is 0 Å². The van der Waals surface area contributed by atoms with Gasteiger partial charge in [-0.25, -0.2) is 0 Å². The second kappa shape index (κ2) is 3.22. The number of likely N-dealkylation sites (tertiary alicyclic amines) is 1. The van der Waals surface area contributed by atoms with Crippen LogP contribution in [0, 0.1) is 12.3 Å². The Morgan fingerprint density at radius 2 is 2.15 bits per heavy atom. The number of halogens is 3. The molecule has 0 aromatic heterocycles. The first kappa shape index (κ1) is 10.4. The lowest BCUT2D eigenvalue weighted by molar-refractivity contribution is -0.150. The van der Waals surface area contributed by atoms with Crippen molar-refractivity contribution in [3.63, 3.8) is 0 Å². The van der Waals surface area contributed by atoms with E-state index in [1.807, 2.05) is 0 Å². The fraction of sp³-hybridized carbons (Fsp3) is 0.778. The topological polar surface area (TPSA) is 3.24 Å². The van der Waals surface area contributed by atoms with Crippen LogP contribution in [0.1, 0.15) is 19.8 Å². The van der Waals surface area contributed by atoms with Crippen molar-refractivity contribution in [1.82, 2.24) is 4.90 Å². The zero-order valence-corrected chi connectivity index (χ0v) is 7.49. The maximum Gasteiger partial charge on any atom is 0.401 e. The summed E-state index contributed by atoms with van der Waals surface area (Å²) in [5.74, 6) is 2.44. The average molecular weight is 191 g/mol. The van der Waals surface area contributed by atoms with Gasteiger partial charge >= 0.3 is 6.18 Å². The number of hydrogen-bond donors (Lipinski definition) is 0. The molecule has 0 saturated carbocycles. The van der Waals surface area contributed by atoms with Gasteiger partial charge in [0.2, 0.25) is 0 Å². The van der Waals surface area contributed by atoms with Crippen molar-refractivity contribution in [1.29, 1.82) is 0 Å². The van der Waals surface area contributed by atoms with Crippen LogP contribution in [0.3, 0.4) is 0 Å². The van der Waals surface area contributed by atoms with E-state index in [-0.39, 0.29) is 0 Å². The van der Waals surface area contributed by atoms with Crippen LogP contribution in [0.15, 0.2) is 0 Å². The standard InChI is InChI=1S/C9H12F3N/c1-3-8(2)5-4-6-13(8)7-9(10,11)12/h1H,4-7H2,2H3. The van der Waals surface area contributed by atoms with E-state index < -0.39 is 18.3 Å². The molecule has 0 bridgehead atoms. The van der Waals surface area contributed by atoms with Crippen LogP contribution in [-0.2, 0) is 0 Å². The highest BCUT2D eigenvalue weighted by molar-refractivity contribution is 5.14. The van der Waals surface area contributed by atoms with Crippen LogP contribution in [0.5, 0.6) is 0 Å². The van der Waals surface area contributed by atoms with E-state index in [0.717, 1.165) is 6.42 Å². The average Bonchev–Trinajstić information content (AvgIpc) is 2.31. The van der Waals surface area contributed by atoms with Gasteiger partial charge in [0.25, 0.3) is 0 Å². The normalized spacial score (nSPS) is 30.4. The molecule has 1 saturated heterocycles. The van der Waals surface area contributed by atoms with Crippen LogP contribution in [0.4, 0.5) is 13.2 Å². The van der Waals surface area contributed by atoms with Crippen molar-refractivity contribution >= 4 is 0 Å². The minimum Gasteiger partial charge on any atom is -0.279 e. The summed E-state index contributed by atoms with van der Waals surface area (Å²) >= 11 is 0. The minimum atomic E-state index is -4.15. The molecule has 0 N–H and O–H groups in total. The Hall–Kier alpha value is -0.690. The molecular weight excluding hydrogens is 179 g/mol. The monoisotopic (exact) mass is 191 g/mol. The highest BCUT2D eigenvalue weighted by atomic mass is 19.4. The maximum atomic E-state index is 12.1. The molecule has 4 heteroatoms. The van der Waals surface area contributed by atoms with Crippen molar-refractivity contribution in [3.8, 4) is 12.3 Å². The molecule has 0 radical (unpaired) electrons. The van der Waals surface area contributed by atoms with Gasteiger partial charge in [-0.3, -0.25) is 4.90 Å². The van der Waals surface area contributed by atoms with Crippen LogP contribution >= 0.6 is 0 Å². The van der Waals surface area contributed by atoms with Gasteiger partial charge in [-0.1, -0.05) is 5.92 Å². The molecule has 0 spiro atoms. The Balaban J connectivity index is 2.66. The van der Waals surface area contributed by atoms with Gasteiger partial charge < -0.3 is 0 Å². The van der Waals surface area contributed by atoms with E-state index in [1.165, 1.54) is 4.90 Å². The van der Waals surface area contributed by atoms with E-state index in [4.69, 9.17) is 6.42 Å². The summed E-state index contributed by atoms with van der Waals surface area (Å²) in [6.45, 7) is 1.24. The molecule has 0 aromatic carbocycles. The van der Waals surface area contributed by atoms with Gasteiger partial charge in [0.05, 0.1) is 12.1 Å². The molecule has 1 fully saturated rings. The summed E-state index contributed by atoms with van der Waals surface area (Å²) in [4.78, 5) is 1.33. The predicted octanol–water partition coefficient (Wildman–Crippen LogP) is 2.04. The maximum absolute atomic E-state index is 12.1. The lowest BCUT2D eigenvalue weighted by Crippen LogP contribution is -2.44. The molecule has 1 heterocycles. The van der Waals surface area contributed by atoms with Crippen LogP contribution in [-0.4, -0.2) is 29.7 Å². The Bertz CT molecular complexity index is 228. The molecule has 1 atom stereocenters. The van der Waals surface area contributed by atoms with E-state index in [0.29, 0.717) is 13.0 Å². The fourth-order valence-electron chi connectivity index (χ4n) is 1.65. The Kier molecular flexibility index (Phi) is 2.58. The summed E-state index contributed by atoms with van der Waals surface area (Å²) in [7, 11) is 0. The lowest BCUT2D eigenvalue weighted by Gasteiger charge is -2.30. The number of rotatable bonds is 1. The molecule has 1 nitrogen and oxygen atoms in total. The first-order valence-electron chi connectivity index (χ1n) is 4.17. The van der Waals surface area contributed by atoms with E-state index in [9.17, 15) is 13.2 Å². The third kappa shape index (κ3) is 2.38. The van der Waals surface area contributed by atoms with Crippen molar-refractivity contribution in [2.45, 2.75) is 31.5 Å². The molecule has 0 amide bonds. The molecule has 74 valence electrons. The first-order chi connectivity index (χ1) is 5.87. The van der Waals surface area contributed by atoms with Gasteiger partial charge in [-0.15, -0.1) is 6.42 Å². The molecule has 1 rings (SSSR count). The molecule has 13 heavy (non-hydrogen) atoms. The van der Waals surface area contributed by atoms with E-state index in [2.05, 4.69) is 5.92 Å².